The third-order valence-electron chi connectivity index (χ3n) is 3.48. The lowest BCUT2D eigenvalue weighted by molar-refractivity contribution is -0.113. The van der Waals surface area contributed by atoms with Crippen molar-refractivity contribution in [3.63, 3.8) is 0 Å². The summed E-state index contributed by atoms with van der Waals surface area (Å²) in [5.41, 5.74) is 3.27. The van der Waals surface area contributed by atoms with Crippen LogP contribution in [0.25, 0.3) is 0 Å². The Kier molecular flexibility index (Phi) is 5.43. The van der Waals surface area contributed by atoms with E-state index in [1.807, 2.05) is 25.1 Å². The summed E-state index contributed by atoms with van der Waals surface area (Å²) in [6, 6.07) is 5.95. The number of anilines is 1. The first-order chi connectivity index (χ1) is 9.56. The summed E-state index contributed by atoms with van der Waals surface area (Å²) < 4.78 is 0.845. The summed E-state index contributed by atoms with van der Waals surface area (Å²) in [4.78, 5) is 14.1. The van der Waals surface area contributed by atoms with Gasteiger partial charge < -0.3 is 10.2 Å². The Hall–Kier alpha value is -1.07. The molecule has 0 aromatic heterocycles. The van der Waals surface area contributed by atoms with Gasteiger partial charge in [-0.25, -0.2) is 0 Å². The normalized spacial score (nSPS) is 14.4. The number of rotatable bonds is 3. The van der Waals surface area contributed by atoms with Crippen molar-refractivity contribution >= 4 is 39.9 Å². The van der Waals surface area contributed by atoms with Crippen LogP contribution >= 0.6 is 24.0 Å². The van der Waals surface area contributed by atoms with Crippen LogP contribution in [-0.2, 0) is 4.79 Å². The number of amides is 1. The average molecular weight is 308 g/mol. The van der Waals surface area contributed by atoms with E-state index in [4.69, 9.17) is 12.2 Å². The van der Waals surface area contributed by atoms with E-state index in [-0.39, 0.29) is 5.91 Å². The number of nitrogens with zero attached hydrogens (tertiary/aromatic N) is 1. The highest BCUT2D eigenvalue weighted by Crippen LogP contribution is 2.17. The molecule has 1 aromatic carbocycles. The molecule has 5 heteroatoms. The Labute approximate surface area is 130 Å². The van der Waals surface area contributed by atoms with Crippen LogP contribution < -0.4 is 5.32 Å². The molecule has 0 radical (unpaired) electrons. The first kappa shape index (κ1) is 15.3. The van der Waals surface area contributed by atoms with Crippen molar-refractivity contribution in [2.45, 2.75) is 26.7 Å². The van der Waals surface area contributed by atoms with Crippen molar-refractivity contribution < 1.29 is 4.79 Å². The van der Waals surface area contributed by atoms with Gasteiger partial charge in [-0.15, -0.1) is 0 Å². The molecule has 0 aliphatic carbocycles. The molecular weight excluding hydrogens is 288 g/mol. The fraction of sp³-hybridized carbons (Fsp3) is 0.467. The van der Waals surface area contributed by atoms with Crippen molar-refractivity contribution in [1.29, 1.82) is 0 Å². The second-order valence-electron chi connectivity index (χ2n) is 5.10. The third-order valence-corrected chi connectivity index (χ3v) is 5.01. The standard InChI is InChI=1S/C15H20N2OS2/c1-11-5-6-13(9-12(11)2)16-14(18)10-20-15(19)17-7-3-4-8-17/h5-6,9H,3-4,7-8,10H2,1-2H3,(H,16,18). The SMILES string of the molecule is Cc1ccc(NC(=O)CSC(=S)N2CCCC2)cc1C. The molecule has 0 spiro atoms. The number of aryl methyl sites for hydroxylation is 2. The number of nitrogens with one attached hydrogen (secondary N) is 1. The number of thioether (sulfide) groups is 1. The van der Waals surface area contributed by atoms with Crippen LogP contribution in [0.4, 0.5) is 5.69 Å². The first-order valence-corrected chi connectivity index (χ1v) is 8.24. The van der Waals surface area contributed by atoms with E-state index in [1.165, 1.54) is 35.7 Å². The molecule has 1 amide bonds. The number of carbonyl (C=O) groups excluding carboxylic acids is 1. The van der Waals surface area contributed by atoms with Crippen molar-refractivity contribution in [3.05, 3.63) is 29.3 Å². The Morgan fingerprint density at radius 3 is 2.65 bits per heavy atom. The molecule has 3 nitrogen and oxygen atoms in total. The predicted octanol–water partition coefficient (Wildman–Crippen LogP) is 3.36. The Morgan fingerprint density at radius 1 is 1.30 bits per heavy atom. The Morgan fingerprint density at radius 2 is 2.00 bits per heavy atom. The molecule has 0 saturated carbocycles. The Balaban J connectivity index is 1.80. The molecule has 1 heterocycles. The second-order valence-corrected chi connectivity index (χ2v) is 6.71. The maximum absolute atomic E-state index is 11.9. The fourth-order valence-corrected chi connectivity index (χ4v) is 3.19. The van der Waals surface area contributed by atoms with Gasteiger partial charge in [-0.05, 0) is 49.9 Å². The van der Waals surface area contributed by atoms with Gasteiger partial charge in [-0.1, -0.05) is 30.0 Å². The molecule has 2 rings (SSSR count). The minimum Gasteiger partial charge on any atom is -0.358 e. The number of hydrogen-bond donors (Lipinski definition) is 1. The van der Waals surface area contributed by atoms with E-state index >= 15 is 0 Å². The zero-order chi connectivity index (χ0) is 14.5. The number of hydrogen-bond acceptors (Lipinski definition) is 3. The van der Waals surface area contributed by atoms with Gasteiger partial charge in [-0.3, -0.25) is 4.79 Å². The molecule has 1 aliphatic heterocycles. The minimum atomic E-state index is -0.000185. The van der Waals surface area contributed by atoms with Gasteiger partial charge in [0.1, 0.15) is 4.32 Å². The highest BCUT2D eigenvalue weighted by molar-refractivity contribution is 8.23. The van der Waals surface area contributed by atoms with Crippen LogP contribution in [0.5, 0.6) is 0 Å². The summed E-state index contributed by atoms with van der Waals surface area (Å²) in [6.07, 6.45) is 2.41. The second kappa shape index (κ2) is 7.09. The number of carbonyl (C=O) groups is 1. The van der Waals surface area contributed by atoms with Gasteiger partial charge in [0.2, 0.25) is 5.91 Å². The van der Waals surface area contributed by atoms with Crippen LogP contribution in [0.2, 0.25) is 0 Å². The molecule has 108 valence electrons. The molecule has 0 bridgehead atoms. The van der Waals surface area contributed by atoms with Crippen molar-refractivity contribution in [2.75, 3.05) is 24.2 Å². The van der Waals surface area contributed by atoms with Crippen molar-refractivity contribution in [3.8, 4) is 0 Å². The molecule has 1 aliphatic rings. The summed E-state index contributed by atoms with van der Waals surface area (Å²) in [6.45, 7) is 6.17. The fourth-order valence-electron chi connectivity index (χ4n) is 2.13. The molecule has 1 fully saturated rings. The van der Waals surface area contributed by atoms with Crippen LogP contribution in [0, 0.1) is 13.8 Å². The number of likely N-dealkylation sites (tertiary alicyclic amines) is 1. The largest absolute Gasteiger partial charge is 0.358 e. The smallest absolute Gasteiger partial charge is 0.234 e. The van der Waals surface area contributed by atoms with Gasteiger partial charge in [-0.2, -0.15) is 0 Å². The molecule has 20 heavy (non-hydrogen) atoms. The monoisotopic (exact) mass is 308 g/mol. The zero-order valence-electron chi connectivity index (χ0n) is 11.9. The highest BCUT2D eigenvalue weighted by atomic mass is 32.2. The topological polar surface area (TPSA) is 32.3 Å². The summed E-state index contributed by atoms with van der Waals surface area (Å²) in [7, 11) is 0. The van der Waals surface area contributed by atoms with Crippen molar-refractivity contribution in [1.82, 2.24) is 4.90 Å². The van der Waals surface area contributed by atoms with Gasteiger partial charge in [0.15, 0.2) is 0 Å². The van der Waals surface area contributed by atoms with Crippen LogP contribution in [-0.4, -0.2) is 34.0 Å². The van der Waals surface area contributed by atoms with Gasteiger partial charge in [0, 0.05) is 18.8 Å². The molecule has 1 saturated heterocycles. The molecule has 1 aromatic rings. The van der Waals surface area contributed by atoms with E-state index in [0.29, 0.717) is 5.75 Å². The van der Waals surface area contributed by atoms with E-state index in [0.717, 1.165) is 23.1 Å². The maximum Gasteiger partial charge on any atom is 0.234 e. The maximum atomic E-state index is 11.9. The zero-order valence-corrected chi connectivity index (χ0v) is 13.6. The molecule has 0 unspecified atom stereocenters. The highest BCUT2D eigenvalue weighted by Gasteiger charge is 2.16. The lowest BCUT2D eigenvalue weighted by Crippen LogP contribution is -2.25. The first-order valence-electron chi connectivity index (χ1n) is 6.85. The number of benzene rings is 1. The molecular formula is C15H20N2OS2. The van der Waals surface area contributed by atoms with Gasteiger partial charge in [0.25, 0.3) is 0 Å². The average Bonchev–Trinajstić information content (AvgIpc) is 2.94. The van der Waals surface area contributed by atoms with Crippen LogP contribution in [0.3, 0.4) is 0 Å². The minimum absolute atomic E-state index is 0.000185. The summed E-state index contributed by atoms with van der Waals surface area (Å²) >= 11 is 6.80. The molecule has 0 atom stereocenters. The van der Waals surface area contributed by atoms with E-state index in [9.17, 15) is 4.79 Å². The predicted molar refractivity (Wildman–Crippen MR) is 90.4 cm³/mol. The Bertz CT molecular complexity index is 511. The summed E-state index contributed by atoms with van der Waals surface area (Å²) in [5, 5.41) is 2.92. The lowest BCUT2D eigenvalue weighted by atomic mass is 10.1. The van der Waals surface area contributed by atoms with E-state index < -0.39 is 0 Å². The quantitative estimate of drug-likeness (QED) is 0.868. The van der Waals surface area contributed by atoms with Gasteiger partial charge in [0.05, 0.1) is 5.75 Å². The summed E-state index contributed by atoms with van der Waals surface area (Å²) in [5.74, 6) is 0.377. The number of thiocarbonyl (C=S) groups is 1. The third kappa shape index (κ3) is 4.21. The van der Waals surface area contributed by atoms with Gasteiger partial charge >= 0.3 is 0 Å². The van der Waals surface area contributed by atoms with Crippen LogP contribution in [0.1, 0.15) is 24.0 Å². The van der Waals surface area contributed by atoms with Crippen molar-refractivity contribution in [2.24, 2.45) is 0 Å². The van der Waals surface area contributed by atoms with E-state index in [1.54, 1.807) is 0 Å². The van der Waals surface area contributed by atoms with Crippen LogP contribution in [0.15, 0.2) is 18.2 Å². The van der Waals surface area contributed by atoms with E-state index in [2.05, 4.69) is 17.1 Å². The molecule has 1 N–H and O–H groups in total. The lowest BCUT2D eigenvalue weighted by Gasteiger charge is -2.17.